The minimum absolute atomic E-state index is 0.294. The van der Waals surface area contributed by atoms with E-state index in [9.17, 15) is 0 Å². The van der Waals surface area contributed by atoms with E-state index in [0.717, 1.165) is 32.1 Å². The molecule has 0 unspecified atom stereocenters. The van der Waals surface area contributed by atoms with Crippen LogP contribution in [0.1, 0.15) is 39.0 Å². The topological polar surface area (TPSA) is 20.2 Å². The van der Waals surface area contributed by atoms with Crippen LogP contribution in [-0.4, -0.2) is 11.7 Å². The molecule has 0 aromatic carbocycles. The van der Waals surface area contributed by atoms with E-state index in [1.165, 1.54) is 0 Å². The number of unbranched alkanes of at least 4 members (excludes halogenated alkanes) is 1. The molecular weight excluding hydrogens is 172 g/mol. The van der Waals surface area contributed by atoms with Gasteiger partial charge in [-0.1, -0.05) is 43.4 Å². The third-order valence-electron chi connectivity index (χ3n) is 1.81. The molecule has 0 radical (unpaired) electrons. The number of aliphatic hydroxyl groups is 1. The van der Waals surface area contributed by atoms with Crippen molar-refractivity contribution >= 4 is 0 Å². The Kier molecular flexibility index (Phi) is 11.5. The van der Waals surface area contributed by atoms with Crippen molar-refractivity contribution in [3.8, 4) is 0 Å². The maximum atomic E-state index is 8.53. The van der Waals surface area contributed by atoms with E-state index in [0.29, 0.717) is 6.61 Å². The highest BCUT2D eigenvalue weighted by Gasteiger charge is 1.77. The van der Waals surface area contributed by atoms with Crippen LogP contribution in [-0.2, 0) is 0 Å². The molecule has 0 saturated carbocycles. The molecule has 0 aliphatic carbocycles. The predicted molar refractivity (Wildman–Crippen MR) is 63.3 cm³/mol. The smallest absolute Gasteiger partial charge is 0.0433 e. The first-order valence-electron chi connectivity index (χ1n) is 5.47. The van der Waals surface area contributed by atoms with Crippen molar-refractivity contribution in [3.63, 3.8) is 0 Å². The molecule has 0 rings (SSSR count). The Bertz CT molecular complexity index is 178. The monoisotopic (exact) mass is 194 g/mol. The highest BCUT2D eigenvalue weighted by atomic mass is 16.2. The van der Waals surface area contributed by atoms with Gasteiger partial charge in [-0.2, -0.15) is 0 Å². The van der Waals surface area contributed by atoms with Crippen molar-refractivity contribution in [1.82, 2.24) is 0 Å². The van der Waals surface area contributed by atoms with Gasteiger partial charge >= 0.3 is 0 Å². The second-order valence-corrected chi connectivity index (χ2v) is 3.16. The molecule has 80 valence electrons. The first-order chi connectivity index (χ1) is 6.91. The van der Waals surface area contributed by atoms with Gasteiger partial charge in [0.15, 0.2) is 0 Å². The van der Waals surface area contributed by atoms with E-state index < -0.39 is 0 Å². The molecule has 0 amide bonds. The fourth-order valence-corrected chi connectivity index (χ4v) is 1.04. The molecule has 0 aromatic rings. The van der Waals surface area contributed by atoms with Crippen LogP contribution < -0.4 is 0 Å². The summed E-state index contributed by atoms with van der Waals surface area (Å²) >= 11 is 0. The normalized spacial score (nSPS) is 12.4. The molecule has 1 nitrogen and oxygen atoms in total. The van der Waals surface area contributed by atoms with Gasteiger partial charge in [0, 0.05) is 6.61 Å². The Labute approximate surface area is 87.8 Å². The molecule has 0 fully saturated rings. The number of rotatable bonds is 8. The van der Waals surface area contributed by atoms with Crippen LogP contribution in [0, 0.1) is 0 Å². The zero-order valence-electron chi connectivity index (χ0n) is 9.15. The third kappa shape index (κ3) is 11.2. The minimum Gasteiger partial charge on any atom is -0.396 e. The maximum absolute atomic E-state index is 8.53. The number of allylic oxidation sites excluding steroid dienone is 6. The summed E-state index contributed by atoms with van der Waals surface area (Å²) in [6, 6.07) is 0. The zero-order chi connectivity index (χ0) is 10.5. The Morgan fingerprint density at radius 3 is 2.00 bits per heavy atom. The van der Waals surface area contributed by atoms with Crippen LogP contribution in [0.2, 0.25) is 0 Å². The zero-order valence-corrected chi connectivity index (χ0v) is 9.15. The summed E-state index contributed by atoms with van der Waals surface area (Å²) in [5.74, 6) is 0. The van der Waals surface area contributed by atoms with E-state index in [1.807, 2.05) is 0 Å². The fourth-order valence-electron chi connectivity index (χ4n) is 1.04. The second kappa shape index (κ2) is 12.2. The number of aliphatic hydroxyl groups excluding tert-OH is 1. The van der Waals surface area contributed by atoms with Gasteiger partial charge in [0.2, 0.25) is 0 Å². The first-order valence-corrected chi connectivity index (χ1v) is 5.47. The summed E-state index contributed by atoms with van der Waals surface area (Å²) in [6.07, 6.45) is 18.0. The summed E-state index contributed by atoms with van der Waals surface area (Å²) in [5, 5.41) is 8.53. The van der Waals surface area contributed by atoms with Gasteiger partial charge in [-0.3, -0.25) is 0 Å². The molecule has 0 aromatic heterocycles. The highest BCUT2D eigenvalue weighted by molar-refractivity contribution is 4.96. The first kappa shape index (κ1) is 13.2. The van der Waals surface area contributed by atoms with Gasteiger partial charge < -0.3 is 5.11 Å². The molecule has 0 spiro atoms. The summed E-state index contributed by atoms with van der Waals surface area (Å²) in [5.41, 5.74) is 0. The largest absolute Gasteiger partial charge is 0.396 e. The lowest BCUT2D eigenvalue weighted by Crippen LogP contribution is -1.77. The van der Waals surface area contributed by atoms with Crippen molar-refractivity contribution in [2.45, 2.75) is 39.0 Å². The van der Waals surface area contributed by atoms with Crippen molar-refractivity contribution in [1.29, 1.82) is 0 Å². The lowest BCUT2D eigenvalue weighted by atomic mass is 10.2. The lowest BCUT2D eigenvalue weighted by molar-refractivity contribution is 0.289. The molecule has 0 aliphatic rings. The third-order valence-corrected chi connectivity index (χ3v) is 1.81. The van der Waals surface area contributed by atoms with Crippen molar-refractivity contribution in [3.05, 3.63) is 36.5 Å². The number of hydrogen-bond acceptors (Lipinski definition) is 1. The van der Waals surface area contributed by atoms with E-state index in [4.69, 9.17) is 5.11 Å². The molecule has 0 atom stereocenters. The van der Waals surface area contributed by atoms with Crippen LogP contribution in [0.15, 0.2) is 36.5 Å². The van der Waals surface area contributed by atoms with Crippen molar-refractivity contribution in [2.75, 3.05) is 6.61 Å². The molecule has 0 bridgehead atoms. The van der Waals surface area contributed by atoms with Gasteiger partial charge in [0.25, 0.3) is 0 Å². The Morgan fingerprint density at radius 2 is 1.43 bits per heavy atom. The molecule has 1 N–H and O–H groups in total. The molecule has 0 aliphatic heterocycles. The fraction of sp³-hybridized carbons (Fsp3) is 0.538. The quantitative estimate of drug-likeness (QED) is 0.462. The summed E-state index contributed by atoms with van der Waals surface area (Å²) in [7, 11) is 0. The summed E-state index contributed by atoms with van der Waals surface area (Å²) in [6.45, 7) is 2.44. The number of hydrogen-bond donors (Lipinski definition) is 1. The average Bonchev–Trinajstić information content (AvgIpc) is 2.21. The van der Waals surface area contributed by atoms with Crippen LogP contribution in [0.3, 0.4) is 0 Å². The molecule has 0 saturated heterocycles. The van der Waals surface area contributed by atoms with Crippen LogP contribution in [0.4, 0.5) is 0 Å². The highest BCUT2D eigenvalue weighted by Crippen LogP contribution is 1.94. The van der Waals surface area contributed by atoms with Crippen LogP contribution >= 0.6 is 0 Å². The summed E-state index contributed by atoms with van der Waals surface area (Å²) in [4.78, 5) is 0. The molecule has 14 heavy (non-hydrogen) atoms. The van der Waals surface area contributed by atoms with Crippen LogP contribution in [0.25, 0.3) is 0 Å². The SMILES string of the molecule is CC/C=C\C/C=C\C/C=C/CCCO. The standard InChI is InChI=1S/C13H22O/c1-2-3-4-5-6-7-8-9-10-11-12-13-14/h3-4,6-7,9-10,14H,2,5,8,11-13H2,1H3/b4-3-,7-6-,10-9+. The molecule has 0 heterocycles. The average molecular weight is 194 g/mol. The van der Waals surface area contributed by atoms with Crippen LogP contribution in [0.5, 0.6) is 0 Å². The van der Waals surface area contributed by atoms with Gasteiger partial charge in [-0.25, -0.2) is 0 Å². The van der Waals surface area contributed by atoms with Gasteiger partial charge in [0.1, 0.15) is 0 Å². The van der Waals surface area contributed by atoms with E-state index in [2.05, 4.69) is 43.4 Å². The van der Waals surface area contributed by atoms with Crippen molar-refractivity contribution < 1.29 is 5.11 Å². The van der Waals surface area contributed by atoms with Crippen molar-refractivity contribution in [2.24, 2.45) is 0 Å². The Balaban J connectivity index is 3.25. The Morgan fingerprint density at radius 1 is 0.857 bits per heavy atom. The molecule has 1 heteroatoms. The summed E-state index contributed by atoms with van der Waals surface area (Å²) < 4.78 is 0. The molecular formula is C13H22O. The van der Waals surface area contributed by atoms with E-state index in [1.54, 1.807) is 0 Å². The van der Waals surface area contributed by atoms with Gasteiger partial charge in [-0.15, -0.1) is 0 Å². The predicted octanol–water partition coefficient (Wildman–Crippen LogP) is 3.62. The van der Waals surface area contributed by atoms with E-state index >= 15 is 0 Å². The Hall–Kier alpha value is -0.820. The van der Waals surface area contributed by atoms with Gasteiger partial charge in [-0.05, 0) is 32.1 Å². The van der Waals surface area contributed by atoms with Gasteiger partial charge in [0.05, 0.1) is 0 Å². The minimum atomic E-state index is 0.294. The van der Waals surface area contributed by atoms with E-state index in [-0.39, 0.29) is 0 Å². The maximum Gasteiger partial charge on any atom is 0.0433 e. The second-order valence-electron chi connectivity index (χ2n) is 3.16. The lowest BCUT2D eigenvalue weighted by Gasteiger charge is -1.87.